The van der Waals surface area contributed by atoms with Crippen molar-refractivity contribution in [3.05, 3.63) is 54.9 Å². The third kappa shape index (κ3) is 4.52. The van der Waals surface area contributed by atoms with Crippen LogP contribution >= 0.6 is 0 Å². The first-order chi connectivity index (χ1) is 17.2. The van der Waals surface area contributed by atoms with Crippen molar-refractivity contribution in [1.82, 2.24) is 29.9 Å². The zero-order chi connectivity index (χ0) is 24.2. The van der Waals surface area contributed by atoms with Crippen molar-refractivity contribution in [1.29, 1.82) is 0 Å². The summed E-state index contributed by atoms with van der Waals surface area (Å²) in [6.07, 6.45) is 1.51. The quantitative estimate of drug-likeness (QED) is 0.396. The number of hydrogen-bond acceptors (Lipinski definition) is 9. The van der Waals surface area contributed by atoms with Crippen molar-refractivity contribution in [2.75, 3.05) is 51.9 Å². The lowest BCUT2D eigenvalue weighted by Crippen LogP contribution is -2.50. The molecule has 0 N–H and O–H groups in total. The number of hydrogen-bond donors (Lipinski definition) is 0. The van der Waals surface area contributed by atoms with Crippen LogP contribution in [-0.2, 0) is 4.79 Å². The first-order valence-electron chi connectivity index (χ1n) is 11.2. The number of piperazine rings is 1. The predicted molar refractivity (Wildman–Crippen MR) is 128 cm³/mol. The molecule has 11 nitrogen and oxygen atoms in total. The third-order valence-electron chi connectivity index (χ3n) is 5.87. The highest BCUT2D eigenvalue weighted by molar-refractivity contribution is 5.84. The van der Waals surface area contributed by atoms with Gasteiger partial charge in [-0.05, 0) is 24.3 Å². The second-order valence-electron chi connectivity index (χ2n) is 7.88. The molecule has 0 spiro atoms. The van der Waals surface area contributed by atoms with E-state index in [9.17, 15) is 4.79 Å². The van der Waals surface area contributed by atoms with Crippen LogP contribution in [0.1, 0.15) is 0 Å². The van der Waals surface area contributed by atoms with Crippen molar-refractivity contribution in [2.24, 2.45) is 0 Å². The first-order valence-corrected chi connectivity index (χ1v) is 11.2. The molecular weight excluding hydrogens is 450 g/mol. The molecule has 4 aromatic rings. The standard InChI is InChI=1S/C24H25N7O4/c1-33-18-7-5-6-17(14-18)31-24-22(27-28-31)23(25-16-26-24)30-12-10-29(11-13-30)21(32)15-35-20-9-4-3-8-19(20)34-2/h3-9,14,16H,10-13,15H2,1-2H3. The van der Waals surface area contributed by atoms with Crippen LogP contribution in [0.25, 0.3) is 16.9 Å². The minimum atomic E-state index is -0.0765. The molecule has 2 aromatic heterocycles. The predicted octanol–water partition coefficient (Wildman–Crippen LogP) is 1.96. The molecule has 0 unspecified atom stereocenters. The number of aromatic nitrogens is 5. The van der Waals surface area contributed by atoms with Gasteiger partial charge < -0.3 is 24.0 Å². The molecule has 35 heavy (non-hydrogen) atoms. The van der Waals surface area contributed by atoms with Gasteiger partial charge in [0.25, 0.3) is 5.91 Å². The fourth-order valence-corrected chi connectivity index (χ4v) is 4.02. The maximum atomic E-state index is 12.7. The average molecular weight is 476 g/mol. The molecule has 1 fully saturated rings. The van der Waals surface area contributed by atoms with Crippen LogP contribution in [0.15, 0.2) is 54.9 Å². The maximum absolute atomic E-state index is 12.7. The molecular formula is C24H25N7O4. The normalized spacial score (nSPS) is 13.7. The highest BCUT2D eigenvalue weighted by Crippen LogP contribution is 2.27. The van der Waals surface area contributed by atoms with Crippen molar-refractivity contribution >= 4 is 22.9 Å². The molecule has 0 saturated carbocycles. The lowest BCUT2D eigenvalue weighted by atomic mass is 10.3. The zero-order valence-electron chi connectivity index (χ0n) is 19.5. The Morgan fingerprint density at radius 2 is 1.74 bits per heavy atom. The van der Waals surface area contributed by atoms with Crippen molar-refractivity contribution < 1.29 is 19.0 Å². The molecule has 1 aliphatic rings. The summed E-state index contributed by atoms with van der Waals surface area (Å²) in [6.45, 7) is 2.26. The van der Waals surface area contributed by atoms with Gasteiger partial charge in [-0.2, -0.15) is 4.68 Å². The molecule has 1 aliphatic heterocycles. The Balaban J connectivity index is 1.26. The van der Waals surface area contributed by atoms with Crippen LogP contribution in [0, 0.1) is 0 Å². The molecule has 0 bridgehead atoms. The van der Waals surface area contributed by atoms with E-state index in [-0.39, 0.29) is 12.5 Å². The topological polar surface area (TPSA) is 108 Å². The van der Waals surface area contributed by atoms with E-state index in [2.05, 4.69) is 25.2 Å². The molecule has 5 rings (SSSR count). The van der Waals surface area contributed by atoms with E-state index in [1.165, 1.54) is 6.33 Å². The van der Waals surface area contributed by atoms with Gasteiger partial charge in [0.2, 0.25) is 0 Å². The summed E-state index contributed by atoms with van der Waals surface area (Å²) in [4.78, 5) is 25.5. The maximum Gasteiger partial charge on any atom is 0.260 e. The number of carbonyl (C=O) groups excluding carboxylic acids is 1. The summed E-state index contributed by atoms with van der Waals surface area (Å²) in [6, 6.07) is 14.8. The smallest absolute Gasteiger partial charge is 0.260 e. The lowest BCUT2D eigenvalue weighted by molar-refractivity contribution is -0.133. The number of anilines is 1. The molecule has 1 amide bonds. The zero-order valence-corrected chi connectivity index (χ0v) is 19.5. The summed E-state index contributed by atoms with van der Waals surface area (Å²) in [5.41, 5.74) is 2.00. The van der Waals surface area contributed by atoms with E-state index in [1.807, 2.05) is 36.4 Å². The van der Waals surface area contributed by atoms with Crippen LogP contribution < -0.4 is 19.1 Å². The Bertz CT molecular complexity index is 1330. The van der Waals surface area contributed by atoms with E-state index in [4.69, 9.17) is 14.2 Å². The van der Waals surface area contributed by atoms with Crippen molar-refractivity contribution in [2.45, 2.75) is 0 Å². The largest absolute Gasteiger partial charge is 0.497 e. The second-order valence-corrected chi connectivity index (χ2v) is 7.88. The Kier molecular flexibility index (Phi) is 6.29. The van der Waals surface area contributed by atoms with Gasteiger partial charge in [-0.3, -0.25) is 4.79 Å². The SMILES string of the molecule is COc1cccc(-n2nnc3c(N4CCN(C(=O)COc5ccccc5OC)CC4)ncnc32)c1. The number of rotatable bonds is 7. The fourth-order valence-electron chi connectivity index (χ4n) is 4.02. The number of fused-ring (bicyclic) bond motifs is 1. The van der Waals surface area contributed by atoms with E-state index in [0.717, 1.165) is 11.4 Å². The summed E-state index contributed by atoms with van der Waals surface area (Å²) in [5.74, 6) is 2.48. The van der Waals surface area contributed by atoms with E-state index >= 15 is 0 Å². The second kappa shape index (κ2) is 9.84. The molecule has 0 atom stereocenters. The van der Waals surface area contributed by atoms with E-state index in [1.54, 1.807) is 35.9 Å². The van der Waals surface area contributed by atoms with Gasteiger partial charge in [0.05, 0.1) is 19.9 Å². The third-order valence-corrected chi connectivity index (χ3v) is 5.87. The van der Waals surface area contributed by atoms with Crippen LogP contribution in [0.5, 0.6) is 17.2 Å². The Hall–Kier alpha value is -4.41. The minimum Gasteiger partial charge on any atom is -0.497 e. The lowest BCUT2D eigenvalue weighted by Gasteiger charge is -2.35. The van der Waals surface area contributed by atoms with Crippen molar-refractivity contribution in [3.63, 3.8) is 0 Å². The van der Waals surface area contributed by atoms with Gasteiger partial charge in [-0.25, -0.2) is 9.97 Å². The number of nitrogens with zero attached hydrogens (tertiary/aromatic N) is 7. The monoisotopic (exact) mass is 475 g/mol. The molecule has 1 saturated heterocycles. The van der Waals surface area contributed by atoms with Crippen LogP contribution in [0.2, 0.25) is 0 Å². The van der Waals surface area contributed by atoms with Gasteiger partial charge in [0.15, 0.2) is 35.1 Å². The van der Waals surface area contributed by atoms with Gasteiger partial charge >= 0.3 is 0 Å². The molecule has 11 heteroatoms. The van der Waals surface area contributed by atoms with Crippen LogP contribution in [-0.4, -0.2) is 82.8 Å². The molecule has 0 aliphatic carbocycles. The van der Waals surface area contributed by atoms with Gasteiger partial charge in [-0.15, -0.1) is 5.10 Å². The number of para-hydroxylation sites is 2. The molecule has 2 aromatic carbocycles. The summed E-state index contributed by atoms with van der Waals surface area (Å²) in [7, 11) is 3.19. The van der Waals surface area contributed by atoms with Crippen LogP contribution in [0.4, 0.5) is 5.82 Å². The molecule has 0 radical (unpaired) electrons. The first kappa shape index (κ1) is 22.4. The highest BCUT2D eigenvalue weighted by atomic mass is 16.5. The number of carbonyl (C=O) groups is 1. The van der Waals surface area contributed by atoms with E-state index < -0.39 is 0 Å². The highest BCUT2D eigenvalue weighted by Gasteiger charge is 2.25. The summed E-state index contributed by atoms with van der Waals surface area (Å²) < 4.78 is 18.0. The fraction of sp³-hybridized carbons (Fsp3) is 0.292. The number of methoxy groups -OCH3 is 2. The van der Waals surface area contributed by atoms with E-state index in [0.29, 0.717) is 54.7 Å². The average Bonchev–Trinajstić information content (AvgIpc) is 3.36. The van der Waals surface area contributed by atoms with Gasteiger partial charge in [-0.1, -0.05) is 23.4 Å². The Labute approximate surface area is 201 Å². The van der Waals surface area contributed by atoms with Gasteiger partial charge in [0.1, 0.15) is 12.1 Å². The van der Waals surface area contributed by atoms with Crippen molar-refractivity contribution in [3.8, 4) is 22.9 Å². The van der Waals surface area contributed by atoms with Gasteiger partial charge in [0, 0.05) is 32.2 Å². The van der Waals surface area contributed by atoms with Crippen LogP contribution in [0.3, 0.4) is 0 Å². The molecule has 180 valence electrons. The number of ether oxygens (including phenoxy) is 3. The number of benzene rings is 2. The summed E-state index contributed by atoms with van der Waals surface area (Å²) in [5, 5.41) is 8.65. The minimum absolute atomic E-state index is 0.0486. The molecule has 3 heterocycles. The Morgan fingerprint density at radius 1 is 0.943 bits per heavy atom. The Morgan fingerprint density at radius 3 is 2.51 bits per heavy atom. The summed E-state index contributed by atoms with van der Waals surface area (Å²) >= 11 is 0. The number of amides is 1.